The van der Waals surface area contributed by atoms with E-state index in [1.54, 1.807) is 12.1 Å². The topological polar surface area (TPSA) is 38.7 Å². The molecule has 1 heterocycles. The first-order valence-corrected chi connectivity index (χ1v) is 5.37. The van der Waals surface area contributed by atoms with Crippen molar-refractivity contribution in [1.82, 2.24) is 0 Å². The summed E-state index contributed by atoms with van der Waals surface area (Å²) in [6.45, 7) is 1.48. The Morgan fingerprint density at radius 3 is 3.00 bits per heavy atom. The fourth-order valence-electron chi connectivity index (χ4n) is 1.77. The molecule has 0 bridgehead atoms. The number of benzene rings is 1. The van der Waals surface area contributed by atoms with Crippen molar-refractivity contribution in [3.05, 3.63) is 35.6 Å². The molecule has 0 saturated carbocycles. The maximum absolute atomic E-state index is 12.9. The van der Waals surface area contributed by atoms with Crippen LogP contribution in [0.1, 0.15) is 5.56 Å². The summed E-state index contributed by atoms with van der Waals surface area (Å²) in [5.74, 6) is -0.287. The fourth-order valence-corrected chi connectivity index (χ4v) is 1.77. The van der Waals surface area contributed by atoms with Crippen molar-refractivity contribution in [2.24, 2.45) is 0 Å². The molecule has 4 heteroatoms. The Kier molecular flexibility index (Phi) is 3.88. The average molecular weight is 226 g/mol. The number of halogens is 1. The Morgan fingerprint density at radius 2 is 2.31 bits per heavy atom. The minimum atomic E-state index is -0.651. The second-order valence-corrected chi connectivity index (χ2v) is 3.89. The van der Waals surface area contributed by atoms with Crippen molar-refractivity contribution in [3.8, 4) is 0 Å². The normalized spacial score (nSPS) is 23.0. The van der Waals surface area contributed by atoms with Gasteiger partial charge in [-0.2, -0.15) is 0 Å². The summed E-state index contributed by atoms with van der Waals surface area (Å²) in [5, 5.41) is 9.89. The van der Waals surface area contributed by atoms with Crippen LogP contribution in [0.5, 0.6) is 0 Å². The van der Waals surface area contributed by atoms with Crippen LogP contribution >= 0.6 is 0 Å². The molecule has 1 aliphatic rings. The Hall–Kier alpha value is -0.970. The lowest BCUT2D eigenvalue weighted by molar-refractivity contribution is -0.131. The Bertz CT molecular complexity index is 337. The third-order valence-electron chi connectivity index (χ3n) is 2.60. The number of aliphatic hydroxyl groups excluding tert-OH is 1. The van der Waals surface area contributed by atoms with Crippen molar-refractivity contribution in [2.45, 2.75) is 18.6 Å². The quantitative estimate of drug-likeness (QED) is 0.840. The van der Waals surface area contributed by atoms with Gasteiger partial charge in [0.1, 0.15) is 11.9 Å². The maximum atomic E-state index is 12.9. The minimum Gasteiger partial charge on any atom is -0.390 e. The zero-order valence-electron chi connectivity index (χ0n) is 8.93. The van der Waals surface area contributed by atoms with Crippen molar-refractivity contribution >= 4 is 0 Å². The first-order valence-electron chi connectivity index (χ1n) is 5.37. The predicted octanol–water partition coefficient (Wildman–Crippen LogP) is 1.14. The van der Waals surface area contributed by atoms with E-state index in [1.165, 1.54) is 12.1 Å². The molecule has 3 nitrogen and oxygen atoms in total. The van der Waals surface area contributed by atoms with Crippen LogP contribution in [-0.2, 0) is 15.9 Å². The first kappa shape index (κ1) is 11.5. The summed E-state index contributed by atoms with van der Waals surface area (Å²) in [6.07, 6.45) is -0.578. The van der Waals surface area contributed by atoms with E-state index in [0.29, 0.717) is 26.2 Å². The summed E-state index contributed by atoms with van der Waals surface area (Å²) >= 11 is 0. The lowest BCUT2D eigenvalue weighted by Crippen LogP contribution is -2.39. The Morgan fingerprint density at radius 1 is 1.44 bits per heavy atom. The third kappa shape index (κ3) is 3.01. The number of rotatable bonds is 3. The fraction of sp³-hybridized carbons (Fsp3) is 0.500. The van der Waals surface area contributed by atoms with Gasteiger partial charge in [0.05, 0.1) is 25.9 Å². The zero-order valence-corrected chi connectivity index (χ0v) is 8.93. The molecule has 1 aliphatic heterocycles. The summed E-state index contributed by atoms with van der Waals surface area (Å²) in [5.41, 5.74) is 0.765. The molecule has 0 radical (unpaired) electrons. The van der Waals surface area contributed by atoms with Gasteiger partial charge in [0.15, 0.2) is 0 Å². The van der Waals surface area contributed by atoms with E-state index in [4.69, 9.17) is 9.47 Å². The molecule has 1 aromatic carbocycles. The van der Waals surface area contributed by atoms with Crippen LogP contribution in [0.15, 0.2) is 24.3 Å². The standard InChI is InChI=1S/C12H15FO3/c13-10-3-1-2-9(6-10)7-11(14)12-8-15-4-5-16-12/h1-3,6,11-12,14H,4-5,7-8H2. The van der Waals surface area contributed by atoms with Crippen molar-refractivity contribution in [2.75, 3.05) is 19.8 Å². The largest absolute Gasteiger partial charge is 0.390 e. The van der Waals surface area contributed by atoms with E-state index in [0.717, 1.165) is 5.56 Å². The van der Waals surface area contributed by atoms with E-state index in [2.05, 4.69) is 0 Å². The van der Waals surface area contributed by atoms with Gasteiger partial charge in [-0.1, -0.05) is 12.1 Å². The van der Waals surface area contributed by atoms with Crippen molar-refractivity contribution in [1.29, 1.82) is 0 Å². The molecule has 0 aliphatic carbocycles. The van der Waals surface area contributed by atoms with E-state index >= 15 is 0 Å². The monoisotopic (exact) mass is 226 g/mol. The van der Waals surface area contributed by atoms with Crippen LogP contribution in [-0.4, -0.2) is 37.1 Å². The van der Waals surface area contributed by atoms with Gasteiger partial charge in [-0.15, -0.1) is 0 Å². The van der Waals surface area contributed by atoms with Gasteiger partial charge in [0.25, 0.3) is 0 Å². The lowest BCUT2D eigenvalue weighted by atomic mass is 10.0. The van der Waals surface area contributed by atoms with E-state index in [9.17, 15) is 9.50 Å². The molecule has 2 atom stereocenters. The minimum absolute atomic E-state index is 0.287. The number of hydrogen-bond donors (Lipinski definition) is 1. The zero-order chi connectivity index (χ0) is 11.4. The molecule has 2 rings (SSSR count). The summed E-state index contributed by atoms with van der Waals surface area (Å²) in [4.78, 5) is 0. The predicted molar refractivity (Wildman–Crippen MR) is 56.7 cm³/mol. The average Bonchev–Trinajstić information content (AvgIpc) is 2.30. The Balaban J connectivity index is 1.93. The van der Waals surface area contributed by atoms with E-state index in [-0.39, 0.29) is 11.9 Å². The molecule has 1 fully saturated rings. The molecule has 1 saturated heterocycles. The van der Waals surface area contributed by atoms with Crippen LogP contribution < -0.4 is 0 Å². The van der Waals surface area contributed by atoms with Gasteiger partial charge in [0.2, 0.25) is 0 Å². The number of ether oxygens (including phenoxy) is 2. The highest BCUT2D eigenvalue weighted by atomic mass is 19.1. The lowest BCUT2D eigenvalue weighted by Gasteiger charge is -2.27. The highest BCUT2D eigenvalue weighted by molar-refractivity contribution is 5.17. The number of hydrogen-bond acceptors (Lipinski definition) is 3. The van der Waals surface area contributed by atoms with Gasteiger partial charge < -0.3 is 14.6 Å². The number of aliphatic hydroxyl groups is 1. The maximum Gasteiger partial charge on any atom is 0.123 e. The molecule has 1 aromatic rings. The van der Waals surface area contributed by atoms with Gasteiger partial charge in [0, 0.05) is 6.42 Å². The van der Waals surface area contributed by atoms with Gasteiger partial charge in [-0.3, -0.25) is 0 Å². The van der Waals surface area contributed by atoms with Crippen molar-refractivity contribution < 1.29 is 19.0 Å². The van der Waals surface area contributed by atoms with Crippen LogP contribution in [0.4, 0.5) is 4.39 Å². The molecule has 88 valence electrons. The van der Waals surface area contributed by atoms with Crippen LogP contribution in [0.3, 0.4) is 0 Å². The summed E-state index contributed by atoms with van der Waals surface area (Å²) in [7, 11) is 0. The Labute approximate surface area is 93.8 Å². The van der Waals surface area contributed by atoms with Crippen LogP contribution in [0.2, 0.25) is 0 Å². The second kappa shape index (κ2) is 5.39. The highest BCUT2D eigenvalue weighted by Crippen LogP contribution is 2.12. The molecule has 1 N–H and O–H groups in total. The molecule has 2 unspecified atom stereocenters. The van der Waals surface area contributed by atoms with E-state index in [1.807, 2.05) is 0 Å². The molecule has 0 aromatic heterocycles. The second-order valence-electron chi connectivity index (χ2n) is 3.89. The molecular formula is C12H15FO3. The first-order chi connectivity index (χ1) is 7.75. The van der Waals surface area contributed by atoms with Crippen molar-refractivity contribution in [3.63, 3.8) is 0 Å². The SMILES string of the molecule is OC(Cc1cccc(F)c1)C1COCCO1. The summed E-state index contributed by atoms with van der Waals surface area (Å²) in [6, 6.07) is 6.23. The highest BCUT2D eigenvalue weighted by Gasteiger charge is 2.23. The van der Waals surface area contributed by atoms with Crippen LogP contribution in [0, 0.1) is 5.82 Å². The summed E-state index contributed by atoms with van der Waals surface area (Å²) < 4.78 is 23.5. The van der Waals surface area contributed by atoms with Gasteiger partial charge >= 0.3 is 0 Å². The molecule has 0 amide bonds. The molecule has 16 heavy (non-hydrogen) atoms. The smallest absolute Gasteiger partial charge is 0.123 e. The molecule has 0 spiro atoms. The van der Waals surface area contributed by atoms with Gasteiger partial charge in [-0.05, 0) is 17.7 Å². The third-order valence-corrected chi connectivity index (χ3v) is 2.60. The van der Waals surface area contributed by atoms with Gasteiger partial charge in [-0.25, -0.2) is 4.39 Å². The molecular weight excluding hydrogens is 211 g/mol. The van der Waals surface area contributed by atoms with E-state index < -0.39 is 6.10 Å². The van der Waals surface area contributed by atoms with Crippen LogP contribution in [0.25, 0.3) is 0 Å².